The first-order valence-corrected chi connectivity index (χ1v) is 7.31. The van der Waals surface area contributed by atoms with E-state index in [0.29, 0.717) is 6.42 Å². The Morgan fingerprint density at radius 1 is 0.900 bits per heavy atom. The topological polar surface area (TPSA) is 12.0 Å². The van der Waals surface area contributed by atoms with Gasteiger partial charge in [0.15, 0.2) is 0 Å². The number of halogens is 1. The molecule has 0 aliphatic heterocycles. The van der Waals surface area contributed by atoms with Crippen molar-refractivity contribution in [2.75, 3.05) is 13.1 Å². The molecular weight excluding hydrogens is 249 g/mol. The Morgan fingerprint density at radius 3 is 2.30 bits per heavy atom. The maximum absolute atomic E-state index is 13.6. The van der Waals surface area contributed by atoms with Gasteiger partial charge in [-0.05, 0) is 48.7 Å². The molecule has 2 heteroatoms. The van der Waals surface area contributed by atoms with Crippen molar-refractivity contribution in [2.24, 2.45) is 0 Å². The SMILES string of the molecule is CCCNCCc1ccc(Cc2ccccc2F)cc1. The highest BCUT2D eigenvalue weighted by molar-refractivity contribution is 5.29. The Labute approximate surface area is 120 Å². The molecule has 0 aromatic heterocycles. The summed E-state index contributed by atoms with van der Waals surface area (Å²) in [6, 6.07) is 15.5. The molecular formula is C18H22FN. The lowest BCUT2D eigenvalue weighted by atomic mass is 10.0. The van der Waals surface area contributed by atoms with Crippen LogP contribution in [0.4, 0.5) is 4.39 Å². The van der Waals surface area contributed by atoms with Crippen LogP contribution in [-0.4, -0.2) is 13.1 Å². The second kappa shape index (κ2) is 7.81. The molecule has 1 N–H and O–H groups in total. The van der Waals surface area contributed by atoms with E-state index in [2.05, 4.69) is 36.5 Å². The van der Waals surface area contributed by atoms with Gasteiger partial charge in [0.2, 0.25) is 0 Å². The van der Waals surface area contributed by atoms with E-state index < -0.39 is 0 Å². The van der Waals surface area contributed by atoms with E-state index in [4.69, 9.17) is 0 Å². The van der Waals surface area contributed by atoms with Crippen LogP contribution in [0.3, 0.4) is 0 Å². The largest absolute Gasteiger partial charge is 0.316 e. The zero-order chi connectivity index (χ0) is 14.2. The first-order valence-electron chi connectivity index (χ1n) is 7.31. The van der Waals surface area contributed by atoms with Crippen LogP contribution in [0.2, 0.25) is 0 Å². The number of benzene rings is 2. The fourth-order valence-corrected chi connectivity index (χ4v) is 2.22. The molecule has 0 saturated carbocycles. The predicted molar refractivity (Wildman–Crippen MR) is 82.5 cm³/mol. The van der Waals surface area contributed by atoms with Crippen LogP contribution in [-0.2, 0) is 12.8 Å². The number of rotatable bonds is 7. The van der Waals surface area contributed by atoms with Crippen molar-refractivity contribution in [1.82, 2.24) is 5.32 Å². The Kier molecular flexibility index (Phi) is 5.75. The lowest BCUT2D eigenvalue weighted by molar-refractivity contribution is 0.614. The molecule has 0 heterocycles. The standard InChI is InChI=1S/C18H22FN/c1-2-12-20-13-11-15-7-9-16(10-8-15)14-17-5-3-4-6-18(17)19/h3-10,20H,2,11-14H2,1H3. The Balaban J connectivity index is 1.90. The fourth-order valence-electron chi connectivity index (χ4n) is 2.22. The van der Waals surface area contributed by atoms with Crippen molar-refractivity contribution in [2.45, 2.75) is 26.2 Å². The van der Waals surface area contributed by atoms with Gasteiger partial charge in [-0.15, -0.1) is 0 Å². The molecule has 2 rings (SSSR count). The van der Waals surface area contributed by atoms with Crippen LogP contribution in [0.5, 0.6) is 0 Å². The van der Waals surface area contributed by atoms with Crippen molar-refractivity contribution in [3.8, 4) is 0 Å². The summed E-state index contributed by atoms with van der Waals surface area (Å²) in [6.45, 7) is 4.26. The van der Waals surface area contributed by atoms with Crippen LogP contribution in [0.1, 0.15) is 30.0 Å². The normalized spacial score (nSPS) is 10.7. The lowest BCUT2D eigenvalue weighted by Gasteiger charge is -2.06. The Hall–Kier alpha value is -1.67. The Bertz CT molecular complexity index is 519. The molecule has 0 saturated heterocycles. The summed E-state index contributed by atoms with van der Waals surface area (Å²) < 4.78 is 13.6. The van der Waals surface area contributed by atoms with Crippen molar-refractivity contribution in [3.05, 3.63) is 71.0 Å². The molecule has 0 aliphatic carbocycles. The number of nitrogens with one attached hydrogen (secondary N) is 1. The average molecular weight is 271 g/mol. The van der Waals surface area contributed by atoms with Gasteiger partial charge in [0.25, 0.3) is 0 Å². The monoisotopic (exact) mass is 271 g/mol. The van der Waals surface area contributed by atoms with Gasteiger partial charge in [-0.25, -0.2) is 4.39 Å². The van der Waals surface area contributed by atoms with Gasteiger partial charge in [0.05, 0.1) is 0 Å². The molecule has 0 fully saturated rings. The lowest BCUT2D eigenvalue weighted by Crippen LogP contribution is -2.17. The molecule has 0 unspecified atom stereocenters. The molecule has 1 nitrogen and oxygen atoms in total. The summed E-state index contributed by atoms with van der Waals surface area (Å²) >= 11 is 0. The second-order valence-corrected chi connectivity index (χ2v) is 5.08. The van der Waals surface area contributed by atoms with Gasteiger partial charge in [0, 0.05) is 6.42 Å². The quantitative estimate of drug-likeness (QED) is 0.752. The van der Waals surface area contributed by atoms with Gasteiger partial charge in [-0.1, -0.05) is 49.4 Å². The first-order chi connectivity index (χ1) is 9.79. The summed E-state index contributed by atoms with van der Waals surface area (Å²) in [5.41, 5.74) is 3.23. The minimum Gasteiger partial charge on any atom is -0.316 e. The summed E-state index contributed by atoms with van der Waals surface area (Å²) in [4.78, 5) is 0. The minimum atomic E-state index is -0.125. The first kappa shape index (κ1) is 14.7. The predicted octanol–water partition coefficient (Wildman–Crippen LogP) is 3.96. The second-order valence-electron chi connectivity index (χ2n) is 5.08. The smallest absolute Gasteiger partial charge is 0.126 e. The number of hydrogen-bond acceptors (Lipinski definition) is 1. The highest BCUT2D eigenvalue weighted by Crippen LogP contribution is 2.14. The van der Waals surface area contributed by atoms with E-state index in [1.807, 2.05) is 12.1 Å². The van der Waals surface area contributed by atoms with Crippen LogP contribution >= 0.6 is 0 Å². The fraction of sp³-hybridized carbons (Fsp3) is 0.333. The third-order valence-corrected chi connectivity index (χ3v) is 3.39. The van der Waals surface area contributed by atoms with E-state index in [-0.39, 0.29) is 5.82 Å². The summed E-state index contributed by atoms with van der Waals surface area (Å²) in [6.07, 6.45) is 2.86. The van der Waals surface area contributed by atoms with Crippen molar-refractivity contribution < 1.29 is 4.39 Å². The molecule has 0 amide bonds. The van der Waals surface area contributed by atoms with Crippen LogP contribution in [0.25, 0.3) is 0 Å². The molecule has 106 valence electrons. The molecule has 0 bridgehead atoms. The highest BCUT2D eigenvalue weighted by Gasteiger charge is 2.02. The van der Waals surface area contributed by atoms with Gasteiger partial charge < -0.3 is 5.32 Å². The maximum Gasteiger partial charge on any atom is 0.126 e. The molecule has 0 atom stereocenters. The van der Waals surface area contributed by atoms with E-state index in [0.717, 1.165) is 30.6 Å². The van der Waals surface area contributed by atoms with Gasteiger partial charge >= 0.3 is 0 Å². The third kappa shape index (κ3) is 4.46. The third-order valence-electron chi connectivity index (χ3n) is 3.39. The summed E-state index contributed by atoms with van der Waals surface area (Å²) in [7, 11) is 0. The molecule has 2 aromatic rings. The van der Waals surface area contributed by atoms with Gasteiger partial charge in [0.1, 0.15) is 5.82 Å². The molecule has 2 aromatic carbocycles. The van der Waals surface area contributed by atoms with E-state index in [9.17, 15) is 4.39 Å². The van der Waals surface area contributed by atoms with E-state index in [1.165, 1.54) is 18.1 Å². The molecule has 0 spiro atoms. The molecule has 20 heavy (non-hydrogen) atoms. The van der Waals surface area contributed by atoms with Crippen molar-refractivity contribution in [3.63, 3.8) is 0 Å². The van der Waals surface area contributed by atoms with Crippen LogP contribution in [0.15, 0.2) is 48.5 Å². The van der Waals surface area contributed by atoms with Crippen LogP contribution in [0, 0.1) is 5.82 Å². The zero-order valence-corrected chi connectivity index (χ0v) is 12.0. The zero-order valence-electron chi connectivity index (χ0n) is 12.0. The van der Waals surface area contributed by atoms with Crippen LogP contribution < -0.4 is 5.32 Å². The van der Waals surface area contributed by atoms with Crippen molar-refractivity contribution >= 4 is 0 Å². The molecule has 0 aliphatic rings. The maximum atomic E-state index is 13.6. The number of hydrogen-bond donors (Lipinski definition) is 1. The molecule has 0 radical (unpaired) electrons. The highest BCUT2D eigenvalue weighted by atomic mass is 19.1. The summed E-state index contributed by atoms with van der Waals surface area (Å²) in [5, 5.41) is 3.40. The minimum absolute atomic E-state index is 0.125. The average Bonchev–Trinajstić information content (AvgIpc) is 2.48. The van der Waals surface area contributed by atoms with E-state index in [1.54, 1.807) is 6.07 Å². The van der Waals surface area contributed by atoms with E-state index >= 15 is 0 Å². The van der Waals surface area contributed by atoms with Gasteiger partial charge in [-0.3, -0.25) is 0 Å². The summed E-state index contributed by atoms with van der Waals surface area (Å²) in [5.74, 6) is -0.125. The van der Waals surface area contributed by atoms with Gasteiger partial charge in [-0.2, -0.15) is 0 Å². The Morgan fingerprint density at radius 2 is 1.60 bits per heavy atom. The van der Waals surface area contributed by atoms with Crippen molar-refractivity contribution in [1.29, 1.82) is 0 Å².